The average Bonchev–Trinajstić information content (AvgIpc) is 3.45. The minimum atomic E-state index is -0.797. The number of likely N-dealkylation sites (tertiary alicyclic amines) is 1. The van der Waals surface area contributed by atoms with Crippen molar-refractivity contribution in [2.75, 3.05) is 33.2 Å². The summed E-state index contributed by atoms with van der Waals surface area (Å²) in [5, 5.41) is 11.3. The zero-order valence-electron chi connectivity index (χ0n) is 19.4. The van der Waals surface area contributed by atoms with Crippen molar-refractivity contribution in [2.45, 2.75) is 12.6 Å². The summed E-state index contributed by atoms with van der Waals surface area (Å²) in [6.07, 6.45) is 1.51. The molecule has 1 N–H and O–H groups in total. The fraction of sp³-hybridized carbons (Fsp3) is 0.231. The number of nitrogens with zero attached hydrogens (tertiary/aromatic N) is 2. The Labute approximate surface area is 197 Å². The van der Waals surface area contributed by atoms with Crippen LogP contribution in [0.5, 0.6) is 11.5 Å². The summed E-state index contributed by atoms with van der Waals surface area (Å²) in [6, 6.07) is 15.0. The molecule has 0 bridgehead atoms. The monoisotopic (exact) mass is 462 g/mol. The fourth-order valence-corrected chi connectivity index (χ4v) is 4.05. The predicted octanol–water partition coefficient (Wildman–Crippen LogP) is 3.98. The molecule has 1 aliphatic heterocycles. The molecule has 0 aliphatic carbocycles. The van der Waals surface area contributed by atoms with E-state index in [1.54, 1.807) is 30.3 Å². The van der Waals surface area contributed by atoms with Gasteiger partial charge in [0, 0.05) is 25.3 Å². The molecule has 34 heavy (non-hydrogen) atoms. The Kier molecular flexibility index (Phi) is 6.32. The Balaban J connectivity index is 1.86. The highest BCUT2D eigenvalue weighted by molar-refractivity contribution is 6.46. The first-order valence-corrected chi connectivity index (χ1v) is 10.7. The van der Waals surface area contributed by atoms with E-state index in [1.165, 1.54) is 25.4 Å². The van der Waals surface area contributed by atoms with Gasteiger partial charge in [0.25, 0.3) is 11.7 Å². The van der Waals surface area contributed by atoms with Crippen molar-refractivity contribution in [1.29, 1.82) is 0 Å². The van der Waals surface area contributed by atoms with E-state index in [-0.39, 0.29) is 17.9 Å². The summed E-state index contributed by atoms with van der Waals surface area (Å²) < 4.78 is 16.0. The summed E-state index contributed by atoms with van der Waals surface area (Å²) in [7, 11) is 6.84. The number of carbonyl (C=O) groups excluding carboxylic acids is 2. The van der Waals surface area contributed by atoms with Gasteiger partial charge in [-0.15, -0.1) is 0 Å². The summed E-state index contributed by atoms with van der Waals surface area (Å²) in [5.41, 5.74) is 2.00. The SMILES string of the molecule is COc1ccc(/C(O)=C2/C(=O)C(=O)N(Cc3ccco3)C2c2ccc(N(C)C)cc2)cc1OC. The van der Waals surface area contributed by atoms with Gasteiger partial charge in [-0.2, -0.15) is 0 Å². The molecule has 1 fully saturated rings. The smallest absolute Gasteiger partial charge is 0.296 e. The number of aliphatic hydroxyl groups is 1. The van der Waals surface area contributed by atoms with Crippen LogP contribution in [-0.2, 0) is 16.1 Å². The lowest BCUT2D eigenvalue weighted by Gasteiger charge is -2.25. The van der Waals surface area contributed by atoms with Crippen molar-refractivity contribution in [1.82, 2.24) is 4.90 Å². The number of benzene rings is 2. The zero-order chi connectivity index (χ0) is 24.4. The molecule has 1 saturated heterocycles. The molecule has 8 heteroatoms. The van der Waals surface area contributed by atoms with Crippen LogP contribution in [0, 0.1) is 0 Å². The predicted molar refractivity (Wildman–Crippen MR) is 127 cm³/mol. The molecule has 0 spiro atoms. The van der Waals surface area contributed by atoms with Crippen LogP contribution in [-0.4, -0.2) is 50.0 Å². The van der Waals surface area contributed by atoms with E-state index in [4.69, 9.17) is 13.9 Å². The Morgan fingerprint density at radius 3 is 2.32 bits per heavy atom. The number of anilines is 1. The lowest BCUT2D eigenvalue weighted by atomic mass is 9.95. The van der Waals surface area contributed by atoms with Gasteiger partial charge in [-0.3, -0.25) is 9.59 Å². The summed E-state index contributed by atoms with van der Waals surface area (Å²) in [5.74, 6) is -0.358. The maximum absolute atomic E-state index is 13.2. The molecule has 0 radical (unpaired) electrons. The standard InChI is InChI=1S/C26H26N2O6/c1-27(2)18-10-7-16(8-11-18)23-22(24(29)17-9-12-20(32-3)21(14-17)33-4)25(30)26(31)28(23)15-19-6-5-13-34-19/h5-14,23,29H,15H2,1-4H3/b24-22-. The van der Waals surface area contributed by atoms with E-state index in [0.29, 0.717) is 28.4 Å². The lowest BCUT2D eigenvalue weighted by molar-refractivity contribution is -0.140. The minimum absolute atomic E-state index is 0.00128. The number of aliphatic hydroxyl groups excluding tert-OH is 1. The number of carbonyl (C=O) groups is 2. The quantitative estimate of drug-likeness (QED) is 0.322. The normalized spacial score (nSPS) is 17.2. The first kappa shape index (κ1) is 23.0. The van der Waals surface area contributed by atoms with Crippen molar-refractivity contribution in [3.63, 3.8) is 0 Å². The first-order valence-electron chi connectivity index (χ1n) is 10.7. The number of methoxy groups -OCH3 is 2. The maximum Gasteiger partial charge on any atom is 0.296 e. The van der Waals surface area contributed by atoms with Gasteiger partial charge in [0.05, 0.1) is 38.6 Å². The van der Waals surface area contributed by atoms with E-state index >= 15 is 0 Å². The van der Waals surface area contributed by atoms with Crippen LogP contribution in [0.2, 0.25) is 0 Å². The number of ketones is 1. The molecule has 2 aromatic carbocycles. The number of hydrogen-bond acceptors (Lipinski definition) is 7. The van der Waals surface area contributed by atoms with E-state index in [0.717, 1.165) is 5.69 Å². The Morgan fingerprint density at radius 1 is 1.03 bits per heavy atom. The number of ether oxygens (including phenoxy) is 2. The third-order valence-electron chi connectivity index (χ3n) is 5.83. The Bertz CT molecular complexity index is 1230. The number of Topliss-reactive ketones (excluding diaryl/α,β-unsaturated/α-hetero) is 1. The molecule has 0 saturated carbocycles. The van der Waals surface area contributed by atoms with E-state index in [1.807, 2.05) is 43.3 Å². The number of amides is 1. The zero-order valence-corrected chi connectivity index (χ0v) is 19.4. The third kappa shape index (κ3) is 4.10. The largest absolute Gasteiger partial charge is 0.507 e. The van der Waals surface area contributed by atoms with Gasteiger partial charge in [-0.1, -0.05) is 12.1 Å². The highest BCUT2D eigenvalue weighted by Gasteiger charge is 2.46. The van der Waals surface area contributed by atoms with Crippen LogP contribution >= 0.6 is 0 Å². The van der Waals surface area contributed by atoms with Crippen molar-refractivity contribution >= 4 is 23.1 Å². The van der Waals surface area contributed by atoms with Gasteiger partial charge in [0.1, 0.15) is 11.5 Å². The van der Waals surface area contributed by atoms with Crippen molar-refractivity contribution in [2.24, 2.45) is 0 Å². The van der Waals surface area contributed by atoms with Gasteiger partial charge in [-0.25, -0.2) is 0 Å². The van der Waals surface area contributed by atoms with Crippen molar-refractivity contribution < 1.29 is 28.6 Å². The summed E-state index contributed by atoms with van der Waals surface area (Å²) >= 11 is 0. The molecule has 1 atom stereocenters. The number of rotatable bonds is 7. The van der Waals surface area contributed by atoms with Crippen LogP contribution < -0.4 is 14.4 Å². The molecule has 2 heterocycles. The van der Waals surface area contributed by atoms with Crippen LogP contribution in [0.15, 0.2) is 70.9 Å². The third-order valence-corrected chi connectivity index (χ3v) is 5.83. The second kappa shape index (κ2) is 9.35. The van der Waals surface area contributed by atoms with Crippen LogP contribution in [0.25, 0.3) is 5.76 Å². The molecule has 1 unspecified atom stereocenters. The van der Waals surface area contributed by atoms with Crippen molar-refractivity contribution in [3.05, 3.63) is 83.3 Å². The molecule has 1 amide bonds. The molecule has 8 nitrogen and oxygen atoms in total. The summed E-state index contributed by atoms with van der Waals surface area (Å²) in [4.78, 5) is 29.7. The van der Waals surface area contributed by atoms with E-state index in [9.17, 15) is 14.7 Å². The molecule has 3 aromatic rings. The van der Waals surface area contributed by atoms with Gasteiger partial charge in [0.2, 0.25) is 0 Å². The second-order valence-corrected chi connectivity index (χ2v) is 8.06. The highest BCUT2D eigenvalue weighted by atomic mass is 16.5. The van der Waals surface area contributed by atoms with Gasteiger partial charge < -0.3 is 28.8 Å². The van der Waals surface area contributed by atoms with E-state index in [2.05, 4.69) is 0 Å². The molecule has 1 aliphatic rings. The second-order valence-electron chi connectivity index (χ2n) is 8.06. The molecule has 176 valence electrons. The van der Waals surface area contributed by atoms with Crippen LogP contribution in [0.3, 0.4) is 0 Å². The Hall–Kier alpha value is -4.20. The van der Waals surface area contributed by atoms with Gasteiger partial charge in [-0.05, 0) is 48.0 Å². The van der Waals surface area contributed by atoms with Gasteiger partial charge >= 0.3 is 0 Å². The maximum atomic E-state index is 13.2. The van der Waals surface area contributed by atoms with Crippen molar-refractivity contribution in [3.8, 4) is 11.5 Å². The van der Waals surface area contributed by atoms with Gasteiger partial charge in [0.15, 0.2) is 11.5 Å². The van der Waals surface area contributed by atoms with Crippen LogP contribution in [0.4, 0.5) is 5.69 Å². The first-order chi connectivity index (χ1) is 16.3. The lowest BCUT2D eigenvalue weighted by Crippen LogP contribution is -2.29. The average molecular weight is 463 g/mol. The van der Waals surface area contributed by atoms with Crippen LogP contribution in [0.1, 0.15) is 22.9 Å². The molecular formula is C26H26N2O6. The number of hydrogen-bond donors (Lipinski definition) is 1. The molecular weight excluding hydrogens is 436 g/mol. The highest BCUT2D eigenvalue weighted by Crippen LogP contribution is 2.41. The topological polar surface area (TPSA) is 92.5 Å². The number of furan rings is 1. The van der Waals surface area contributed by atoms with E-state index < -0.39 is 17.7 Å². The molecule has 4 rings (SSSR count). The minimum Gasteiger partial charge on any atom is -0.507 e. The fourth-order valence-electron chi connectivity index (χ4n) is 4.05. The molecule has 1 aromatic heterocycles. The Morgan fingerprint density at radius 2 is 1.74 bits per heavy atom. The summed E-state index contributed by atoms with van der Waals surface area (Å²) in [6.45, 7) is 0.0837.